The summed E-state index contributed by atoms with van der Waals surface area (Å²) in [6, 6.07) is 11.2. The first-order chi connectivity index (χ1) is 9.60. The van der Waals surface area contributed by atoms with Gasteiger partial charge in [0.2, 0.25) is 0 Å². The van der Waals surface area contributed by atoms with Crippen LogP contribution in [0.3, 0.4) is 0 Å². The summed E-state index contributed by atoms with van der Waals surface area (Å²) >= 11 is 6.85. The third-order valence-electron chi connectivity index (χ3n) is 3.22. The summed E-state index contributed by atoms with van der Waals surface area (Å²) in [6.07, 6.45) is 0. The van der Waals surface area contributed by atoms with Crippen LogP contribution in [-0.4, -0.2) is 13.1 Å². The smallest absolute Gasteiger partial charge is 0.317 e. The second-order valence-electron chi connectivity index (χ2n) is 4.42. The first kappa shape index (κ1) is 13.6. The van der Waals surface area contributed by atoms with E-state index in [-0.39, 0.29) is 5.97 Å². The summed E-state index contributed by atoms with van der Waals surface area (Å²) in [5, 5.41) is 0. The summed E-state index contributed by atoms with van der Waals surface area (Å²) in [5.41, 5.74) is 1.61. The molecule has 0 aliphatic carbocycles. The molecule has 1 aliphatic rings. The quantitative estimate of drug-likeness (QED) is 0.658. The molecule has 0 unspecified atom stereocenters. The zero-order valence-corrected chi connectivity index (χ0v) is 13.7. The van der Waals surface area contributed by atoms with E-state index >= 15 is 0 Å². The molecule has 2 aromatic carbocycles. The molecule has 0 radical (unpaired) electrons. The third kappa shape index (κ3) is 2.25. The van der Waals surface area contributed by atoms with E-state index in [0.717, 1.165) is 20.1 Å². The number of hydrogen-bond donors (Lipinski definition) is 0. The van der Waals surface area contributed by atoms with E-state index in [1.54, 1.807) is 0 Å². The molecule has 0 fully saturated rings. The van der Waals surface area contributed by atoms with Crippen LogP contribution in [0.4, 0.5) is 0 Å². The third-order valence-corrected chi connectivity index (χ3v) is 4.21. The summed E-state index contributed by atoms with van der Waals surface area (Å²) < 4.78 is 12.6. The number of halogens is 2. The second-order valence-corrected chi connectivity index (χ2v) is 6.25. The van der Waals surface area contributed by atoms with Crippen molar-refractivity contribution in [2.45, 2.75) is 5.92 Å². The second kappa shape index (κ2) is 5.22. The lowest BCUT2D eigenvalue weighted by atomic mass is 9.88. The predicted molar refractivity (Wildman–Crippen MR) is 82.2 cm³/mol. The average molecular weight is 398 g/mol. The summed E-state index contributed by atoms with van der Waals surface area (Å²) in [5.74, 6) is 0.581. The molecule has 0 atom stereocenters. The molecule has 0 saturated heterocycles. The minimum Gasteiger partial charge on any atom is -0.468 e. The highest BCUT2D eigenvalue weighted by Gasteiger charge is 2.33. The summed E-state index contributed by atoms with van der Waals surface area (Å²) in [4.78, 5) is 12.2. The first-order valence-electron chi connectivity index (χ1n) is 5.94. The Kier molecular flexibility index (Phi) is 3.56. The number of fused-ring (bicyclic) bond motifs is 2. The van der Waals surface area contributed by atoms with E-state index in [0.29, 0.717) is 11.5 Å². The maximum Gasteiger partial charge on any atom is 0.317 e. The minimum absolute atomic E-state index is 0.299. The van der Waals surface area contributed by atoms with E-state index in [1.807, 2.05) is 36.4 Å². The molecule has 1 heterocycles. The van der Waals surface area contributed by atoms with E-state index in [1.165, 1.54) is 7.11 Å². The number of benzene rings is 2. The number of ether oxygens (including phenoxy) is 2. The fourth-order valence-electron chi connectivity index (χ4n) is 2.33. The Hall–Kier alpha value is -1.33. The topological polar surface area (TPSA) is 35.5 Å². The van der Waals surface area contributed by atoms with Gasteiger partial charge in [-0.1, -0.05) is 31.9 Å². The monoisotopic (exact) mass is 396 g/mol. The number of methoxy groups -OCH3 is 1. The highest BCUT2D eigenvalue weighted by Crippen LogP contribution is 2.46. The van der Waals surface area contributed by atoms with Gasteiger partial charge in [0.25, 0.3) is 0 Å². The van der Waals surface area contributed by atoms with Crippen LogP contribution in [-0.2, 0) is 9.53 Å². The molecule has 102 valence electrons. The highest BCUT2D eigenvalue weighted by atomic mass is 79.9. The van der Waals surface area contributed by atoms with Crippen LogP contribution in [0, 0.1) is 0 Å². The number of carbonyl (C=O) groups is 1. The SMILES string of the molecule is COC(=O)C1c2cc(Br)ccc2Oc2ccc(Br)cc21. The lowest BCUT2D eigenvalue weighted by Crippen LogP contribution is -2.20. The normalized spacial score (nSPS) is 13.2. The van der Waals surface area contributed by atoms with Crippen molar-refractivity contribution in [2.24, 2.45) is 0 Å². The summed E-state index contributed by atoms with van der Waals surface area (Å²) in [7, 11) is 1.40. The number of rotatable bonds is 1. The Bertz CT molecular complexity index is 646. The highest BCUT2D eigenvalue weighted by molar-refractivity contribution is 9.10. The molecule has 3 rings (SSSR count). The molecular formula is C15H10Br2O3. The molecule has 0 amide bonds. The Balaban J connectivity index is 2.23. The van der Waals surface area contributed by atoms with Crippen molar-refractivity contribution >= 4 is 37.8 Å². The van der Waals surface area contributed by atoms with Gasteiger partial charge in [0.15, 0.2) is 0 Å². The van der Waals surface area contributed by atoms with Crippen LogP contribution < -0.4 is 4.74 Å². The molecule has 2 aromatic rings. The van der Waals surface area contributed by atoms with Gasteiger partial charge in [-0.05, 0) is 36.4 Å². The number of carbonyl (C=O) groups excluding carboxylic acids is 1. The molecule has 0 aromatic heterocycles. The van der Waals surface area contributed by atoms with Crippen molar-refractivity contribution < 1.29 is 14.3 Å². The van der Waals surface area contributed by atoms with Crippen LogP contribution in [0.2, 0.25) is 0 Å². The zero-order chi connectivity index (χ0) is 14.3. The fraction of sp³-hybridized carbons (Fsp3) is 0.133. The Morgan fingerprint density at radius 1 is 1.05 bits per heavy atom. The van der Waals surface area contributed by atoms with Gasteiger partial charge in [-0.2, -0.15) is 0 Å². The molecule has 0 N–H and O–H groups in total. The first-order valence-corrected chi connectivity index (χ1v) is 7.53. The van der Waals surface area contributed by atoms with Gasteiger partial charge in [0, 0.05) is 20.1 Å². The van der Waals surface area contributed by atoms with Gasteiger partial charge < -0.3 is 9.47 Å². The lowest BCUT2D eigenvalue weighted by Gasteiger charge is -2.26. The lowest BCUT2D eigenvalue weighted by molar-refractivity contribution is -0.141. The largest absolute Gasteiger partial charge is 0.468 e. The molecule has 20 heavy (non-hydrogen) atoms. The van der Waals surface area contributed by atoms with E-state index in [2.05, 4.69) is 31.9 Å². The van der Waals surface area contributed by atoms with Crippen molar-refractivity contribution in [2.75, 3.05) is 7.11 Å². The van der Waals surface area contributed by atoms with Gasteiger partial charge >= 0.3 is 5.97 Å². The molecule has 0 bridgehead atoms. The van der Waals surface area contributed by atoms with Crippen molar-refractivity contribution in [3.8, 4) is 11.5 Å². The molecule has 1 aliphatic heterocycles. The van der Waals surface area contributed by atoms with Gasteiger partial charge in [-0.3, -0.25) is 4.79 Å². The number of hydrogen-bond acceptors (Lipinski definition) is 3. The molecule has 5 heteroatoms. The van der Waals surface area contributed by atoms with Gasteiger partial charge in [-0.25, -0.2) is 0 Å². The van der Waals surface area contributed by atoms with Crippen LogP contribution in [0.1, 0.15) is 17.0 Å². The maximum atomic E-state index is 12.2. The van der Waals surface area contributed by atoms with Crippen LogP contribution in [0.15, 0.2) is 45.3 Å². The van der Waals surface area contributed by atoms with Gasteiger partial charge in [0.1, 0.15) is 17.4 Å². The van der Waals surface area contributed by atoms with Crippen LogP contribution in [0.25, 0.3) is 0 Å². The predicted octanol–water partition coefficient (Wildman–Crippen LogP) is 4.62. The fourth-order valence-corrected chi connectivity index (χ4v) is 3.09. The van der Waals surface area contributed by atoms with Crippen molar-refractivity contribution in [3.05, 3.63) is 56.5 Å². The van der Waals surface area contributed by atoms with E-state index in [4.69, 9.17) is 9.47 Å². The molecule has 3 nitrogen and oxygen atoms in total. The van der Waals surface area contributed by atoms with Gasteiger partial charge in [-0.15, -0.1) is 0 Å². The van der Waals surface area contributed by atoms with E-state index in [9.17, 15) is 4.79 Å². The van der Waals surface area contributed by atoms with Crippen LogP contribution in [0.5, 0.6) is 11.5 Å². The standard InChI is InChI=1S/C15H10Br2O3/c1-19-15(18)14-10-6-8(16)2-4-12(10)20-13-5-3-9(17)7-11(13)14/h2-7,14H,1H3. The molecular weight excluding hydrogens is 388 g/mol. The maximum absolute atomic E-state index is 12.2. The minimum atomic E-state index is -0.478. The van der Waals surface area contributed by atoms with Crippen molar-refractivity contribution in [1.82, 2.24) is 0 Å². The Labute approximate surface area is 133 Å². The van der Waals surface area contributed by atoms with E-state index < -0.39 is 5.92 Å². The van der Waals surface area contributed by atoms with Crippen LogP contribution >= 0.6 is 31.9 Å². The zero-order valence-electron chi connectivity index (χ0n) is 10.5. The van der Waals surface area contributed by atoms with Gasteiger partial charge in [0.05, 0.1) is 7.11 Å². The Morgan fingerprint density at radius 2 is 1.55 bits per heavy atom. The van der Waals surface area contributed by atoms with Crippen molar-refractivity contribution in [1.29, 1.82) is 0 Å². The number of esters is 1. The summed E-state index contributed by atoms with van der Waals surface area (Å²) in [6.45, 7) is 0. The molecule has 0 spiro atoms. The average Bonchev–Trinajstić information content (AvgIpc) is 2.44. The Morgan fingerprint density at radius 3 is 2.00 bits per heavy atom. The molecule has 0 saturated carbocycles. The van der Waals surface area contributed by atoms with Crippen molar-refractivity contribution in [3.63, 3.8) is 0 Å².